The zero-order valence-corrected chi connectivity index (χ0v) is 9.44. The summed E-state index contributed by atoms with van der Waals surface area (Å²) >= 11 is 0. The lowest BCUT2D eigenvalue weighted by atomic mass is 10.1. The number of carbonyl (C=O) groups is 3. The monoisotopic (exact) mass is 243 g/mol. The lowest BCUT2D eigenvalue weighted by Crippen LogP contribution is -2.46. The Bertz CT molecular complexity index is 304. The molecule has 0 aliphatic heterocycles. The van der Waals surface area contributed by atoms with E-state index < -0.39 is 23.9 Å². The van der Waals surface area contributed by atoms with E-state index in [1.807, 2.05) is 0 Å². The average molecular weight is 243 g/mol. The summed E-state index contributed by atoms with van der Waals surface area (Å²) in [4.78, 5) is 32.5. The number of urea groups is 1. The number of primary amides is 1. The van der Waals surface area contributed by atoms with Crippen LogP contribution in [0.2, 0.25) is 0 Å². The second kappa shape index (κ2) is 8.14. The first-order chi connectivity index (χ1) is 7.97. The molecule has 0 aliphatic rings. The van der Waals surface area contributed by atoms with Crippen LogP contribution in [0.3, 0.4) is 0 Å². The molecule has 0 heterocycles. The van der Waals surface area contributed by atoms with Crippen LogP contribution in [0.15, 0.2) is 12.7 Å². The van der Waals surface area contributed by atoms with Crippen molar-refractivity contribution >= 4 is 17.9 Å². The predicted molar refractivity (Wildman–Crippen MR) is 61.2 cm³/mol. The number of hydrogen-bond donors (Lipinski definition) is 4. The SMILES string of the molecule is C=CCCNC(=O)N[C@@H](CCC(N)=O)C(=O)O. The number of rotatable bonds is 8. The molecule has 0 aromatic heterocycles. The molecule has 3 amide bonds. The number of carbonyl (C=O) groups excluding carboxylic acids is 2. The van der Waals surface area contributed by atoms with E-state index >= 15 is 0 Å². The number of aliphatic carboxylic acids is 1. The molecule has 0 rings (SSSR count). The van der Waals surface area contributed by atoms with Gasteiger partial charge in [0.15, 0.2) is 0 Å². The molecule has 0 aliphatic carbocycles. The second-order valence-corrected chi connectivity index (χ2v) is 3.37. The molecular formula is C10H17N3O4. The molecule has 0 bridgehead atoms. The third-order valence-electron chi connectivity index (χ3n) is 1.92. The van der Waals surface area contributed by atoms with Gasteiger partial charge in [-0.25, -0.2) is 9.59 Å². The fraction of sp³-hybridized carbons (Fsp3) is 0.500. The van der Waals surface area contributed by atoms with Gasteiger partial charge in [0.2, 0.25) is 5.91 Å². The number of hydrogen-bond acceptors (Lipinski definition) is 3. The summed E-state index contributed by atoms with van der Waals surface area (Å²) in [5, 5.41) is 13.5. The van der Waals surface area contributed by atoms with Crippen molar-refractivity contribution in [2.45, 2.75) is 25.3 Å². The molecule has 0 saturated carbocycles. The molecule has 7 nitrogen and oxygen atoms in total. The highest BCUT2D eigenvalue weighted by molar-refractivity contribution is 5.83. The van der Waals surface area contributed by atoms with E-state index in [1.54, 1.807) is 6.08 Å². The van der Waals surface area contributed by atoms with E-state index in [0.29, 0.717) is 13.0 Å². The van der Waals surface area contributed by atoms with Gasteiger partial charge >= 0.3 is 12.0 Å². The van der Waals surface area contributed by atoms with Crippen molar-refractivity contribution in [3.05, 3.63) is 12.7 Å². The maximum absolute atomic E-state index is 11.2. The van der Waals surface area contributed by atoms with E-state index in [-0.39, 0.29) is 12.8 Å². The minimum atomic E-state index is -1.20. The largest absolute Gasteiger partial charge is 0.480 e. The van der Waals surface area contributed by atoms with Crippen LogP contribution in [0, 0.1) is 0 Å². The molecule has 1 atom stereocenters. The van der Waals surface area contributed by atoms with Crippen LogP contribution in [0.5, 0.6) is 0 Å². The Balaban J connectivity index is 4.06. The zero-order chi connectivity index (χ0) is 13.3. The quantitative estimate of drug-likeness (QED) is 0.341. The van der Waals surface area contributed by atoms with E-state index in [9.17, 15) is 14.4 Å². The van der Waals surface area contributed by atoms with Gasteiger partial charge in [0.05, 0.1) is 0 Å². The molecule has 0 aromatic rings. The van der Waals surface area contributed by atoms with Crippen molar-refractivity contribution in [3.8, 4) is 0 Å². The minimum Gasteiger partial charge on any atom is -0.480 e. The lowest BCUT2D eigenvalue weighted by molar-refractivity contribution is -0.139. The van der Waals surface area contributed by atoms with Crippen molar-refractivity contribution < 1.29 is 19.5 Å². The fourth-order valence-electron chi connectivity index (χ4n) is 1.04. The molecular weight excluding hydrogens is 226 g/mol. The summed E-state index contributed by atoms with van der Waals surface area (Å²) in [6, 6.07) is -1.71. The van der Waals surface area contributed by atoms with E-state index in [0.717, 1.165) is 0 Å². The van der Waals surface area contributed by atoms with Crippen LogP contribution in [0.1, 0.15) is 19.3 Å². The molecule has 5 N–H and O–H groups in total. The smallest absolute Gasteiger partial charge is 0.326 e. The van der Waals surface area contributed by atoms with Crippen molar-refractivity contribution in [2.75, 3.05) is 6.54 Å². The lowest BCUT2D eigenvalue weighted by Gasteiger charge is -2.14. The van der Waals surface area contributed by atoms with Crippen LogP contribution in [-0.4, -0.2) is 35.6 Å². The van der Waals surface area contributed by atoms with Gasteiger partial charge in [0.1, 0.15) is 6.04 Å². The number of nitrogens with two attached hydrogens (primary N) is 1. The zero-order valence-electron chi connectivity index (χ0n) is 9.44. The summed E-state index contributed by atoms with van der Waals surface area (Å²) in [6.07, 6.45) is 2.10. The highest BCUT2D eigenvalue weighted by Crippen LogP contribution is 1.97. The fourth-order valence-corrected chi connectivity index (χ4v) is 1.04. The van der Waals surface area contributed by atoms with Gasteiger partial charge in [0.25, 0.3) is 0 Å². The Hall–Kier alpha value is -2.05. The maximum atomic E-state index is 11.2. The van der Waals surface area contributed by atoms with Crippen molar-refractivity contribution in [1.29, 1.82) is 0 Å². The van der Waals surface area contributed by atoms with Crippen LogP contribution in [0.25, 0.3) is 0 Å². The first kappa shape index (κ1) is 14.9. The van der Waals surface area contributed by atoms with Crippen LogP contribution >= 0.6 is 0 Å². The number of carboxylic acid groups (broad SMARTS) is 1. The minimum absolute atomic E-state index is 0.0282. The Morgan fingerprint density at radius 1 is 1.41 bits per heavy atom. The maximum Gasteiger partial charge on any atom is 0.326 e. The van der Waals surface area contributed by atoms with E-state index in [1.165, 1.54) is 0 Å². The van der Waals surface area contributed by atoms with Gasteiger partial charge in [0, 0.05) is 13.0 Å². The first-order valence-corrected chi connectivity index (χ1v) is 5.13. The summed E-state index contributed by atoms with van der Waals surface area (Å²) in [5.74, 6) is -1.81. The number of carboxylic acids is 1. The van der Waals surface area contributed by atoms with Gasteiger partial charge < -0.3 is 21.5 Å². The van der Waals surface area contributed by atoms with Gasteiger partial charge in [-0.3, -0.25) is 4.79 Å². The van der Waals surface area contributed by atoms with Crippen LogP contribution < -0.4 is 16.4 Å². The second-order valence-electron chi connectivity index (χ2n) is 3.37. The van der Waals surface area contributed by atoms with E-state index in [2.05, 4.69) is 17.2 Å². The Labute approximate surface area is 99.1 Å². The molecule has 0 aromatic carbocycles. The standard InChI is InChI=1S/C10H17N3O4/c1-2-3-6-12-10(17)13-7(9(15)16)4-5-8(11)14/h2,7H,1,3-6H2,(H2,11,14)(H,15,16)(H2,12,13,17)/t7-/m0/s1. The normalized spacial score (nSPS) is 11.3. The van der Waals surface area contributed by atoms with Crippen molar-refractivity contribution in [3.63, 3.8) is 0 Å². The Morgan fingerprint density at radius 2 is 2.06 bits per heavy atom. The van der Waals surface area contributed by atoms with Crippen LogP contribution in [-0.2, 0) is 9.59 Å². The molecule has 96 valence electrons. The number of amides is 3. The van der Waals surface area contributed by atoms with Gasteiger partial charge in [-0.1, -0.05) is 6.08 Å². The highest BCUT2D eigenvalue weighted by Gasteiger charge is 2.19. The highest BCUT2D eigenvalue weighted by atomic mass is 16.4. The van der Waals surface area contributed by atoms with Gasteiger partial charge in [-0.2, -0.15) is 0 Å². The topological polar surface area (TPSA) is 122 Å². The average Bonchev–Trinajstić information content (AvgIpc) is 2.23. The summed E-state index contributed by atoms with van der Waals surface area (Å²) < 4.78 is 0. The third-order valence-corrected chi connectivity index (χ3v) is 1.92. The molecule has 17 heavy (non-hydrogen) atoms. The first-order valence-electron chi connectivity index (χ1n) is 5.13. The van der Waals surface area contributed by atoms with Crippen molar-refractivity contribution in [1.82, 2.24) is 10.6 Å². The van der Waals surface area contributed by atoms with E-state index in [4.69, 9.17) is 10.8 Å². The van der Waals surface area contributed by atoms with Gasteiger partial charge in [-0.15, -0.1) is 6.58 Å². The van der Waals surface area contributed by atoms with Gasteiger partial charge in [-0.05, 0) is 12.8 Å². The Morgan fingerprint density at radius 3 is 2.53 bits per heavy atom. The third kappa shape index (κ3) is 7.83. The van der Waals surface area contributed by atoms with Crippen molar-refractivity contribution in [2.24, 2.45) is 5.73 Å². The molecule has 0 fully saturated rings. The number of nitrogens with one attached hydrogen (secondary N) is 2. The van der Waals surface area contributed by atoms with Crippen LogP contribution in [0.4, 0.5) is 4.79 Å². The summed E-state index contributed by atoms with van der Waals surface area (Å²) in [6.45, 7) is 3.85. The summed E-state index contributed by atoms with van der Waals surface area (Å²) in [7, 11) is 0. The molecule has 0 saturated heterocycles. The molecule has 7 heteroatoms. The Kier molecular flexibility index (Phi) is 7.16. The molecule has 0 radical (unpaired) electrons. The molecule has 0 spiro atoms. The molecule has 0 unspecified atom stereocenters. The predicted octanol–water partition coefficient (Wildman–Crippen LogP) is -0.420. The summed E-state index contributed by atoms with van der Waals surface area (Å²) in [5.41, 5.74) is 4.90.